The number of carbonyl (C=O) groups excluding carboxylic acids is 1. The smallest absolute Gasteiger partial charge is 0.266 e. The van der Waals surface area contributed by atoms with Crippen molar-refractivity contribution < 1.29 is 9.53 Å². The van der Waals surface area contributed by atoms with Crippen LogP contribution in [0.1, 0.15) is 20.3 Å². The first-order chi connectivity index (χ1) is 7.99. The van der Waals surface area contributed by atoms with Crippen molar-refractivity contribution in [2.75, 3.05) is 13.1 Å². The third-order valence-corrected chi connectivity index (χ3v) is 3.10. The highest BCUT2D eigenvalue weighted by Crippen LogP contribution is 2.23. The van der Waals surface area contributed by atoms with E-state index in [4.69, 9.17) is 16.3 Å². The number of likely N-dealkylation sites (tertiary alicyclic amines) is 1. The zero-order valence-electron chi connectivity index (χ0n) is 10.1. The third-order valence-electron chi connectivity index (χ3n) is 2.84. The van der Waals surface area contributed by atoms with Crippen molar-refractivity contribution in [3.63, 3.8) is 0 Å². The zero-order chi connectivity index (χ0) is 12.5. The lowest BCUT2D eigenvalue weighted by Gasteiger charge is -2.37. The monoisotopic (exact) mass is 253 g/mol. The Kier molecular flexibility index (Phi) is 3.29. The van der Waals surface area contributed by atoms with E-state index < -0.39 is 5.60 Å². The molecule has 0 radical (unpaired) electrons. The maximum atomic E-state index is 12.1. The average Bonchev–Trinajstić information content (AvgIpc) is 2.18. The maximum absolute atomic E-state index is 12.1. The molecule has 0 spiro atoms. The number of amides is 1. The maximum Gasteiger partial charge on any atom is 0.266 e. The van der Waals surface area contributed by atoms with Gasteiger partial charge in [0, 0.05) is 18.1 Å². The lowest BCUT2D eigenvalue weighted by atomic mass is 10.0. The van der Waals surface area contributed by atoms with E-state index in [-0.39, 0.29) is 5.91 Å². The molecule has 4 heteroatoms. The van der Waals surface area contributed by atoms with E-state index in [9.17, 15) is 4.79 Å². The fourth-order valence-electron chi connectivity index (χ4n) is 1.74. The summed E-state index contributed by atoms with van der Waals surface area (Å²) in [6.07, 6.45) is 1.09. The van der Waals surface area contributed by atoms with Crippen molar-refractivity contribution in [1.29, 1.82) is 0 Å². The van der Waals surface area contributed by atoms with E-state index >= 15 is 0 Å². The highest BCUT2D eigenvalue weighted by Gasteiger charge is 2.36. The summed E-state index contributed by atoms with van der Waals surface area (Å²) in [7, 11) is 0. The zero-order valence-corrected chi connectivity index (χ0v) is 10.8. The molecular weight excluding hydrogens is 238 g/mol. The van der Waals surface area contributed by atoms with Crippen molar-refractivity contribution >= 4 is 17.5 Å². The van der Waals surface area contributed by atoms with Crippen LogP contribution in [0.2, 0.25) is 5.02 Å². The molecule has 3 nitrogen and oxygen atoms in total. The average molecular weight is 254 g/mol. The predicted molar refractivity (Wildman–Crippen MR) is 67.4 cm³/mol. The van der Waals surface area contributed by atoms with Gasteiger partial charge in [-0.1, -0.05) is 11.6 Å². The van der Waals surface area contributed by atoms with Crippen molar-refractivity contribution in [2.24, 2.45) is 0 Å². The summed E-state index contributed by atoms with van der Waals surface area (Å²) in [6.45, 7) is 5.27. The molecule has 2 rings (SSSR count). The summed E-state index contributed by atoms with van der Waals surface area (Å²) < 4.78 is 5.73. The second kappa shape index (κ2) is 4.57. The van der Waals surface area contributed by atoms with E-state index in [0.29, 0.717) is 10.8 Å². The molecule has 0 N–H and O–H groups in total. The topological polar surface area (TPSA) is 29.5 Å². The van der Waals surface area contributed by atoms with Crippen LogP contribution < -0.4 is 4.74 Å². The van der Waals surface area contributed by atoms with Gasteiger partial charge in [-0.3, -0.25) is 4.79 Å². The van der Waals surface area contributed by atoms with Crippen LogP contribution in [0.5, 0.6) is 5.75 Å². The van der Waals surface area contributed by atoms with Gasteiger partial charge in [0.05, 0.1) is 0 Å². The van der Waals surface area contributed by atoms with Gasteiger partial charge in [-0.25, -0.2) is 0 Å². The summed E-state index contributed by atoms with van der Waals surface area (Å²) >= 11 is 5.80. The minimum Gasteiger partial charge on any atom is -0.478 e. The molecule has 0 saturated carbocycles. The molecule has 17 heavy (non-hydrogen) atoms. The number of benzene rings is 1. The van der Waals surface area contributed by atoms with Crippen LogP contribution in [0, 0.1) is 0 Å². The molecule has 1 aliphatic heterocycles. The minimum absolute atomic E-state index is 0.0405. The summed E-state index contributed by atoms with van der Waals surface area (Å²) in [5, 5.41) is 0.657. The number of ether oxygens (including phenoxy) is 1. The summed E-state index contributed by atoms with van der Waals surface area (Å²) in [5.41, 5.74) is -0.825. The summed E-state index contributed by atoms with van der Waals surface area (Å²) in [5.74, 6) is 0.701. The Morgan fingerprint density at radius 2 is 1.88 bits per heavy atom. The molecule has 0 bridgehead atoms. The van der Waals surface area contributed by atoms with Crippen LogP contribution >= 0.6 is 11.6 Å². The van der Waals surface area contributed by atoms with Crippen molar-refractivity contribution in [1.82, 2.24) is 4.90 Å². The van der Waals surface area contributed by atoms with Gasteiger partial charge in [0.1, 0.15) is 5.75 Å². The standard InChI is InChI=1S/C13H16ClNO2/c1-13(2,12(16)15-8-3-9-15)17-11-6-4-10(14)5-7-11/h4-7H,3,8-9H2,1-2H3. The Morgan fingerprint density at radius 1 is 1.29 bits per heavy atom. The van der Waals surface area contributed by atoms with Crippen molar-refractivity contribution in [3.05, 3.63) is 29.3 Å². The van der Waals surface area contributed by atoms with Crippen LogP contribution in [0.3, 0.4) is 0 Å². The molecule has 0 aromatic heterocycles. The predicted octanol–water partition coefficient (Wildman–Crippen LogP) is 2.73. The van der Waals surface area contributed by atoms with E-state index in [0.717, 1.165) is 19.5 Å². The van der Waals surface area contributed by atoms with Crippen molar-refractivity contribution in [2.45, 2.75) is 25.9 Å². The number of carbonyl (C=O) groups is 1. The third kappa shape index (κ3) is 2.72. The molecule has 0 aliphatic carbocycles. The van der Waals surface area contributed by atoms with Gasteiger partial charge in [0.15, 0.2) is 5.60 Å². The van der Waals surface area contributed by atoms with Gasteiger partial charge >= 0.3 is 0 Å². The first-order valence-corrected chi connectivity index (χ1v) is 6.11. The molecule has 0 atom stereocenters. The van der Waals surface area contributed by atoms with Gasteiger partial charge < -0.3 is 9.64 Å². The SMILES string of the molecule is CC(C)(Oc1ccc(Cl)cc1)C(=O)N1CCC1. The second-order valence-corrected chi connectivity index (χ2v) is 5.15. The van der Waals surface area contributed by atoms with Gasteiger partial charge in [0.25, 0.3) is 5.91 Å². The summed E-state index contributed by atoms with van der Waals surface area (Å²) in [6, 6.07) is 7.04. The Labute approximate surface area is 106 Å². The molecule has 1 aromatic rings. The number of hydrogen-bond donors (Lipinski definition) is 0. The van der Waals surface area contributed by atoms with Crippen LogP contribution in [0.4, 0.5) is 0 Å². The Morgan fingerprint density at radius 3 is 2.35 bits per heavy atom. The van der Waals surface area contributed by atoms with Crippen LogP contribution in [0.15, 0.2) is 24.3 Å². The first-order valence-electron chi connectivity index (χ1n) is 5.73. The number of hydrogen-bond acceptors (Lipinski definition) is 2. The van der Waals surface area contributed by atoms with Gasteiger partial charge in [-0.15, -0.1) is 0 Å². The Hall–Kier alpha value is -1.22. The highest BCUT2D eigenvalue weighted by atomic mass is 35.5. The lowest BCUT2D eigenvalue weighted by molar-refractivity contribution is -0.149. The number of nitrogens with zero attached hydrogens (tertiary/aromatic N) is 1. The molecule has 1 aliphatic rings. The molecule has 1 heterocycles. The van der Waals surface area contributed by atoms with E-state index in [2.05, 4.69) is 0 Å². The minimum atomic E-state index is -0.825. The summed E-state index contributed by atoms with van der Waals surface area (Å²) in [4.78, 5) is 13.9. The van der Waals surface area contributed by atoms with Crippen LogP contribution in [0.25, 0.3) is 0 Å². The normalized spacial score (nSPS) is 15.4. The molecule has 1 amide bonds. The van der Waals surface area contributed by atoms with Crippen LogP contribution in [-0.4, -0.2) is 29.5 Å². The molecule has 92 valence electrons. The van der Waals surface area contributed by atoms with Crippen molar-refractivity contribution in [3.8, 4) is 5.75 Å². The van der Waals surface area contributed by atoms with Crippen LogP contribution in [-0.2, 0) is 4.79 Å². The van der Waals surface area contributed by atoms with E-state index in [1.165, 1.54) is 0 Å². The lowest BCUT2D eigenvalue weighted by Crippen LogP contribution is -2.53. The molecule has 1 saturated heterocycles. The van der Waals surface area contributed by atoms with Gasteiger partial charge in [-0.05, 0) is 44.5 Å². The van der Waals surface area contributed by atoms with E-state index in [1.807, 2.05) is 4.90 Å². The van der Waals surface area contributed by atoms with Gasteiger partial charge in [0.2, 0.25) is 0 Å². The Bertz CT molecular complexity index is 410. The fraction of sp³-hybridized carbons (Fsp3) is 0.462. The fourth-order valence-corrected chi connectivity index (χ4v) is 1.87. The van der Waals surface area contributed by atoms with E-state index in [1.54, 1.807) is 38.1 Å². The second-order valence-electron chi connectivity index (χ2n) is 4.71. The molecule has 0 unspecified atom stereocenters. The highest BCUT2D eigenvalue weighted by molar-refractivity contribution is 6.30. The molecule has 1 fully saturated rings. The number of halogens is 1. The quantitative estimate of drug-likeness (QED) is 0.829. The Balaban J connectivity index is 2.05. The van der Waals surface area contributed by atoms with Gasteiger partial charge in [-0.2, -0.15) is 0 Å². The first kappa shape index (κ1) is 12.2. The number of rotatable bonds is 3. The molecular formula is C13H16ClNO2. The molecule has 1 aromatic carbocycles. The largest absolute Gasteiger partial charge is 0.478 e.